The number of nitrogen functional groups attached to an aromatic ring is 1. The number of methoxy groups -OCH3 is 1. The molecule has 2 aromatic heterocycles. The van der Waals surface area contributed by atoms with Crippen LogP contribution in [0.25, 0.3) is 0 Å². The van der Waals surface area contributed by atoms with Gasteiger partial charge in [0.05, 0.1) is 11.6 Å². The van der Waals surface area contributed by atoms with E-state index in [0.29, 0.717) is 31.7 Å². The molecule has 0 spiro atoms. The average Bonchev–Trinajstić information content (AvgIpc) is 2.77. The van der Waals surface area contributed by atoms with Crippen LogP contribution < -0.4 is 15.2 Å². The minimum Gasteiger partial charge on any atom is -0.482 e. The molecule has 0 saturated heterocycles. The number of aromatic nitrogens is 2. The van der Waals surface area contributed by atoms with Gasteiger partial charge in [0.2, 0.25) is 5.88 Å². The number of carbonyl (C=O) groups excluding carboxylic acids is 1. The van der Waals surface area contributed by atoms with Gasteiger partial charge >= 0.3 is 0 Å². The predicted molar refractivity (Wildman–Crippen MR) is 126 cm³/mol. The smallest absolute Gasteiger partial charge is 0.254 e. The molecule has 1 atom stereocenters. The van der Waals surface area contributed by atoms with Crippen LogP contribution in [0.4, 0.5) is 10.2 Å². The highest BCUT2D eigenvalue weighted by atomic mass is 79.9. The summed E-state index contributed by atoms with van der Waals surface area (Å²) in [6, 6.07) is 7.45. The lowest BCUT2D eigenvalue weighted by Crippen LogP contribution is -2.28. The van der Waals surface area contributed by atoms with Crippen LogP contribution in [0.1, 0.15) is 34.5 Å². The Balaban J connectivity index is 1.88. The molecule has 7 nitrogen and oxygen atoms in total. The monoisotopic (exact) mass is 566 g/mol. The van der Waals surface area contributed by atoms with E-state index in [2.05, 4.69) is 41.8 Å². The lowest BCUT2D eigenvalue weighted by atomic mass is 10.0. The number of carbonyl (C=O) groups is 1. The van der Waals surface area contributed by atoms with Gasteiger partial charge in [0.1, 0.15) is 11.9 Å². The molecule has 0 unspecified atom stereocenters. The number of amides is 1. The maximum Gasteiger partial charge on any atom is 0.254 e. The molecule has 0 bridgehead atoms. The number of ether oxygens (including phenoxy) is 2. The van der Waals surface area contributed by atoms with Crippen molar-refractivity contribution in [2.24, 2.45) is 0 Å². The van der Waals surface area contributed by atoms with E-state index in [1.807, 2.05) is 0 Å². The second-order valence-corrected chi connectivity index (χ2v) is 8.69. The molecule has 0 fully saturated rings. The Morgan fingerprint density at radius 3 is 2.72 bits per heavy atom. The van der Waals surface area contributed by atoms with Gasteiger partial charge in [-0.25, -0.2) is 14.4 Å². The molecule has 1 aromatic carbocycles. The fourth-order valence-corrected chi connectivity index (χ4v) is 3.94. The largest absolute Gasteiger partial charge is 0.482 e. The van der Waals surface area contributed by atoms with Crippen LogP contribution in [0, 0.1) is 5.82 Å². The van der Waals surface area contributed by atoms with E-state index in [-0.39, 0.29) is 18.3 Å². The van der Waals surface area contributed by atoms with E-state index >= 15 is 0 Å². The lowest BCUT2D eigenvalue weighted by molar-refractivity contribution is 0.0779. The van der Waals surface area contributed by atoms with E-state index in [1.54, 1.807) is 38.5 Å². The van der Waals surface area contributed by atoms with Crippen molar-refractivity contribution in [3.8, 4) is 11.6 Å². The quantitative estimate of drug-likeness (QED) is 0.425. The Hall–Kier alpha value is -2.72. The van der Waals surface area contributed by atoms with Gasteiger partial charge in [-0.2, -0.15) is 0 Å². The number of anilines is 1. The van der Waals surface area contributed by atoms with Crippen LogP contribution in [0.5, 0.6) is 11.6 Å². The van der Waals surface area contributed by atoms with Crippen LogP contribution in [0.2, 0.25) is 0 Å². The molecule has 168 valence electrons. The summed E-state index contributed by atoms with van der Waals surface area (Å²) in [5.74, 6) is 0.178. The van der Waals surface area contributed by atoms with E-state index < -0.39 is 11.9 Å². The molecule has 0 aliphatic heterocycles. The van der Waals surface area contributed by atoms with Crippen molar-refractivity contribution >= 4 is 43.6 Å². The summed E-state index contributed by atoms with van der Waals surface area (Å²) in [6.45, 7) is 2.00. The third kappa shape index (κ3) is 5.36. The second kappa shape index (κ2) is 10.3. The van der Waals surface area contributed by atoms with Crippen LogP contribution in [-0.4, -0.2) is 34.9 Å². The molecule has 10 heteroatoms. The van der Waals surface area contributed by atoms with Gasteiger partial charge in [-0.1, -0.05) is 0 Å². The van der Waals surface area contributed by atoms with Gasteiger partial charge in [-0.15, -0.1) is 0 Å². The molecule has 0 aliphatic rings. The van der Waals surface area contributed by atoms with E-state index in [0.717, 1.165) is 5.56 Å². The first kappa shape index (κ1) is 23.9. The van der Waals surface area contributed by atoms with Gasteiger partial charge in [0.25, 0.3) is 5.91 Å². The number of hydrogen-bond donors (Lipinski definition) is 1. The standard InChI is InChI=1S/C22H21Br2FN4O3/c1-12(32-18-8-14(23)10-28-20(18)26)17-9-15(25)4-5-16(17)22(30)29(2)11-13-6-7-27-21(31-3)19(13)24/h4-10,12H,11H2,1-3H3,(H2,26,28)/t12-/m1/s1. The predicted octanol–water partition coefficient (Wildman–Crippen LogP) is 5.14. The Kier molecular flexibility index (Phi) is 7.68. The third-order valence-corrected chi connectivity index (χ3v) is 6.00. The van der Waals surface area contributed by atoms with E-state index in [9.17, 15) is 9.18 Å². The van der Waals surface area contributed by atoms with Crippen molar-refractivity contribution < 1.29 is 18.7 Å². The molecule has 32 heavy (non-hydrogen) atoms. The summed E-state index contributed by atoms with van der Waals surface area (Å²) < 4.78 is 26.6. The molecule has 2 heterocycles. The summed E-state index contributed by atoms with van der Waals surface area (Å²) in [5.41, 5.74) is 7.42. The van der Waals surface area contributed by atoms with Gasteiger partial charge in [0, 0.05) is 41.6 Å². The molecule has 3 aromatic rings. The molecular weight excluding hydrogens is 547 g/mol. The average molecular weight is 568 g/mol. The summed E-state index contributed by atoms with van der Waals surface area (Å²) >= 11 is 6.78. The summed E-state index contributed by atoms with van der Waals surface area (Å²) in [4.78, 5) is 22.9. The van der Waals surface area contributed by atoms with Crippen LogP contribution in [0.3, 0.4) is 0 Å². The van der Waals surface area contributed by atoms with Crippen LogP contribution in [-0.2, 0) is 6.54 Å². The molecular formula is C22H21Br2FN4O3. The molecule has 0 radical (unpaired) electrons. The van der Waals surface area contributed by atoms with Gasteiger partial charge < -0.3 is 20.1 Å². The van der Waals surface area contributed by atoms with Gasteiger partial charge in [-0.05, 0) is 74.7 Å². The molecule has 2 N–H and O–H groups in total. The van der Waals surface area contributed by atoms with Crippen molar-refractivity contribution in [1.82, 2.24) is 14.9 Å². The van der Waals surface area contributed by atoms with Crippen LogP contribution >= 0.6 is 31.9 Å². The molecule has 0 aliphatic carbocycles. The van der Waals surface area contributed by atoms with Crippen molar-refractivity contribution in [3.05, 3.63) is 74.2 Å². The Bertz CT molecular complexity index is 1150. The third-order valence-electron chi connectivity index (χ3n) is 4.72. The fourth-order valence-electron chi connectivity index (χ4n) is 3.10. The molecule has 0 saturated carbocycles. The maximum absolute atomic E-state index is 14.1. The van der Waals surface area contributed by atoms with Crippen molar-refractivity contribution in [1.29, 1.82) is 0 Å². The Morgan fingerprint density at radius 1 is 1.25 bits per heavy atom. The Morgan fingerprint density at radius 2 is 2.00 bits per heavy atom. The first-order valence-corrected chi connectivity index (χ1v) is 11.1. The minimum atomic E-state index is -0.663. The highest BCUT2D eigenvalue weighted by Crippen LogP contribution is 2.31. The number of benzene rings is 1. The summed E-state index contributed by atoms with van der Waals surface area (Å²) in [6.07, 6.45) is 2.49. The number of nitrogens with two attached hydrogens (primary N) is 1. The number of hydrogen-bond acceptors (Lipinski definition) is 6. The highest BCUT2D eigenvalue weighted by molar-refractivity contribution is 9.10. The zero-order valence-electron chi connectivity index (χ0n) is 17.6. The van der Waals surface area contributed by atoms with Crippen molar-refractivity contribution in [3.63, 3.8) is 0 Å². The topological polar surface area (TPSA) is 90.6 Å². The van der Waals surface area contributed by atoms with Crippen LogP contribution in [0.15, 0.2) is 51.7 Å². The van der Waals surface area contributed by atoms with Gasteiger partial charge in [0.15, 0.2) is 11.6 Å². The first-order chi connectivity index (χ1) is 15.2. The lowest BCUT2D eigenvalue weighted by Gasteiger charge is -2.23. The van der Waals surface area contributed by atoms with Crippen molar-refractivity contribution in [2.75, 3.05) is 19.9 Å². The second-order valence-electron chi connectivity index (χ2n) is 6.98. The number of halogens is 3. The maximum atomic E-state index is 14.1. The van der Waals surface area contributed by atoms with E-state index in [1.165, 1.54) is 30.2 Å². The number of pyridine rings is 2. The zero-order chi connectivity index (χ0) is 23.4. The minimum absolute atomic E-state index is 0.193. The number of rotatable bonds is 7. The normalized spacial score (nSPS) is 11.7. The zero-order valence-corrected chi connectivity index (χ0v) is 20.8. The first-order valence-electron chi connectivity index (χ1n) is 9.51. The van der Waals surface area contributed by atoms with E-state index in [4.69, 9.17) is 15.2 Å². The Labute approximate surface area is 202 Å². The summed E-state index contributed by atoms with van der Waals surface area (Å²) in [7, 11) is 3.18. The number of nitrogens with zero attached hydrogens (tertiary/aromatic N) is 3. The van der Waals surface area contributed by atoms with Gasteiger partial charge in [-0.3, -0.25) is 4.79 Å². The molecule has 1 amide bonds. The van der Waals surface area contributed by atoms with Crippen molar-refractivity contribution in [2.45, 2.75) is 19.6 Å². The highest BCUT2D eigenvalue weighted by Gasteiger charge is 2.23. The fraction of sp³-hybridized carbons (Fsp3) is 0.227. The summed E-state index contributed by atoms with van der Waals surface area (Å²) in [5, 5.41) is 0. The molecule has 3 rings (SSSR count). The SMILES string of the molecule is COc1nccc(CN(C)C(=O)c2ccc(F)cc2[C@@H](C)Oc2cc(Br)cnc2N)c1Br.